The lowest BCUT2D eigenvalue weighted by molar-refractivity contribution is -0.142. The minimum Gasteiger partial charge on any atom is -0.493 e. The number of hydrogen-bond donors (Lipinski definition) is 1. The quantitative estimate of drug-likeness (QED) is 0.789. The zero-order valence-corrected chi connectivity index (χ0v) is 16.9. The molecule has 0 saturated carbocycles. The first-order valence-electron chi connectivity index (χ1n) is 9.44. The van der Waals surface area contributed by atoms with E-state index in [2.05, 4.69) is 29.2 Å². The van der Waals surface area contributed by atoms with E-state index in [0.29, 0.717) is 17.9 Å². The predicted octanol–water partition coefficient (Wildman–Crippen LogP) is 3.41. The summed E-state index contributed by atoms with van der Waals surface area (Å²) in [6.45, 7) is 0.720. The molecule has 1 saturated heterocycles. The Hall–Kier alpha value is -2.73. The first-order valence-corrected chi connectivity index (χ1v) is 9.44. The van der Waals surface area contributed by atoms with Gasteiger partial charge in [0.25, 0.3) is 0 Å². The number of carboxylic acids is 1. The van der Waals surface area contributed by atoms with Gasteiger partial charge in [0, 0.05) is 31.9 Å². The van der Waals surface area contributed by atoms with E-state index in [-0.39, 0.29) is 6.04 Å². The third kappa shape index (κ3) is 3.78. The molecule has 0 bridgehead atoms. The van der Waals surface area contributed by atoms with Crippen LogP contribution in [0.25, 0.3) is 0 Å². The monoisotopic (exact) mass is 384 g/mol. The topological polar surface area (TPSA) is 62.2 Å². The molecule has 2 aromatic rings. The fourth-order valence-corrected chi connectivity index (χ4v) is 3.99. The van der Waals surface area contributed by atoms with Crippen LogP contribution in [-0.4, -0.2) is 56.9 Å². The summed E-state index contributed by atoms with van der Waals surface area (Å²) in [6.07, 6.45) is 1.50. The maximum atomic E-state index is 11.9. The number of aliphatic carboxylic acids is 1. The second-order valence-electron chi connectivity index (χ2n) is 7.21. The van der Waals surface area contributed by atoms with E-state index < -0.39 is 12.0 Å². The number of ether oxygens (including phenoxy) is 2. The van der Waals surface area contributed by atoms with Crippen LogP contribution in [0.3, 0.4) is 0 Å². The molecule has 1 N–H and O–H groups in total. The van der Waals surface area contributed by atoms with Crippen LogP contribution in [0, 0.1) is 0 Å². The third-order valence-electron chi connectivity index (χ3n) is 5.36. The minimum absolute atomic E-state index is 0.232. The number of hydrogen-bond acceptors (Lipinski definition) is 5. The summed E-state index contributed by atoms with van der Waals surface area (Å²) in [5.74, 6) is 0.498. The molecule has 3 rings (SSSR count). The average molecular weight is 384 g/mol. The van der Waals surface area contributed by atoms with Gasteiger partial charge < -0.3 is 19.5 Å². The maximum Gasteiger partial charge on any atom is 0.320 e. The van der Waals surface area contributed by atoms with Gasteiger partial charge in [0.1, 0.15) is 6.04 Å². The van der Waals surface area contributed by atoms with Crippen LogP contribution in [-0.2, 0) is 4.79 Å². The van der Waals surface area contributed by atoms with Crippen molar-refractivity contribution >= 4 is 11.7 Å². The van der Waals surface area contributed by atoms with E-state index >= 15 is 0 Å². The van der Waals surface area contributed by atoms with Crippen LogP contribution in [0.15, 0.2) is 42.5 Å². The zero-order chi connectivity index (χ0) is 20.3. The first kappa shape index (κ1) is 20.0. The molecular weight excluding hydrogens is 356 g/mol. The number of carboxylic acid groups (broad SMARTS) is 1. The largest absolute Gasteiger partial charge is 0.493 e. The van der Waals surface area contributed by atoms with Crippen LogP contribution in [0.5, 0.6) is 11.5 Å². The highest BCUT2D eigenvalue weighted by Crippen LogP contribution is 2.42. The van der Waals surface area contributed by atoms with E-state index in [1.165, 1.54) is 0 Å². The molecule has 0 aliphatic carbocycles. The molecule has 0 spiro atoms. The van der Waals surface area contributed by atoms with E-state index in [0.717, 1.165) is 29.8 Å². The lowest BCUT2D eigenvalue weighted by Gasteiger charge is -2.33. The molecule has 1 aliphatic rings. The van der Waals surface area contributed by atoms with Crippen molar-refractivity contribution in [2.75, 3.05) is 39.8 Å². The van der Waals surface area contributed by atoms with Crippen LogP contribution in [0.1, 0.15) is 30.0 Å². The van der Waals surface area contributed by atoms with Gasteiger partial charge in [0.2, 0.25) is 0 Å². The Kier molecular flexibility index (Phi) is 6.09. The summed E-state index contributed by atoms with van der Waals surface area (Å²) >= 11 is 0. The van der Waals surface area contributed by atoms with Crippen molar-refractivity contribution in [3.05, 3.63) is 53.6 Å². The molecule has 150 valence electrons. The van der Waals surface area contributed by atoms with Crippen LogP contribution in [0.2, 0.25) is 0 Å². The molecule has 0 amide bonds. The Morgan fingerprint density at radius 2 is 1.86 bits per heavy atom. The highest BCUT2D eigenvalue weighted by atomic mass is 16.5. The highest BCUT2D eigenvalue weighted by Gasteiger charge is 2.38. The van der Waals surface area contributed by atoms with E-state index in [9.17, 15) is 9.90 Å². The smallest absolute Gasteiger partial charge is 0.320 e. The number of anilines is 1. The van der Waals surface area contributed by atoms with Gasteiger partial charge in [-0.25, -0.2) is 0 Å². The molecule has 1 fully saturated rings. The van der Waals surface area contributed by atoms with Gasteiger partial charge in [-0.2, -0.15) is 0 Å². The van der Waals surface area contributed by atoms with Gasteiger partial charge in [-0.1, -0.05) is 24.3 Å². The van der Waals surface area contributed by atoms with Crippen molar-refractivity contribution < 1.29 is 19.4 Å². The van der Waals surface area contributed by atoms with E-state index in [1.807, 2.05) is 37.2 Å². The normalized spacial score (nSPS) is 17.9. The zero-order valence-electron chi connectivity index (χ0n) is 16.9. The van der Waals surface area contributed by atoms with Crippen molar-refractivity contribution in [1.82, 2.24) is 4.90 Å². The maximum absolute atomic E-state index is 11.9. The molecule has 1 aliphatic heterocycles. The number of likely N-dealkylation sites (tertiary alicyclic amines) is 1. The van der Waals surface area contributed by atoms with Gasteiger partial charge >= 0.3 is 5.97 Å². The molecule has 2 atom stereocenters. The molecule has 2 unspecified atom stereocenters. The van der Waals surface area contributed by atoms with Crippen molar-refractivity contribution in [3.8, 4) is 11.5 Å². The second kappa shape index (κ2) is 8.52. The molecular formula is C22H28N2O4. The van der Waals surface area contributed by atoms with E-state index in [1.54, 1.807) is 14.2 Å². The van der Waals surface area contributed by atoms with Crippen molar-refractivity contribution in [3.63, 3.8) is 0 Å². The third-order valence-corrected chi connectivity index (χ3v) is 5.36. The summed E-state index contributed by atoms with van der Waals surface area (Å²) in [5.41, 5.74) is 3.04. The van der Waals surface area contributed by atoms with Crippen LogP contribution >= 0.6 is 0 Å². The number of carbonyl (C=O) groups is 1. The van der Waals surface area contributed by atoms with Gasteiger partial charge in [-0.3, -0.25) is 9.69 Å². The summed E-state index contributed by atoms with van der Waals surface area (Å²) in [6, 6.07) is 13.3. The number of para-hydroxylation sites is 1. The Balaban J connectivity index is 2.14. The summed E-state index contributed by atoms with van der Waals surface area (Å²) in [5, 5.41) is 9.77. The van der Waals surface area contributed by atoms with E-state index in [4.69, 9.17) is 9.47 Å². The molecule has 28 heavy (non-hydrogen) atoms. The van der Waals surface area contributed by atoms with Crippen LogP contribution < -0.4 is 14.4 Å². The fraction of sp³-hybridized carbons (Fsp3) is 0.409. The second-order valence-corrected chi connectivity index (χ2v) is 7.21. The average Bonchev–Trinajstić information content (AvgIpc) is 3.18. The number of nitrogens with zero attached hydrogens (tertiary/aromatic N) is 2. The Morgan fingerprint density at radius 1 is 1.14 bits per heavy atom. The van der Waals surface area contributed by atoms with Crippen molar-refractivity contribution in [1.29, 1.82) is 0 Å². The molecule has 0 aromatic heterocycles. The fourth-order valence-electron chi connectivity index (χ4n) is 3.99. The SMILES string of the molecule is COc1cccc(C(c2ccc(N(C)C)cc2)N2CCCC2C(=O)O)c1OC. The molecule has 1 heterocycles. The summed E-state index contributed by atoms with van der Waals surface area (Å²) in [7, 11) is 7.22. The summed E-state index contributed by atoms with van der Waals surface area (Å²) in [4.78, 5) is 16.0. The summed E-state index contributed by atoms with van der Waals surface area (Å²) < 4.78 is 11.2. The lowest BCUT2D eigenvalue weighted by Crippen LogP contribution is -2.39. The lowest BCUT2D eigenvalue weighted by atomic mass is 9.94. The van der Waals surface area contributed by atoms with Gasteiger partial charge in [-0.15, -0.1) is 0 Å². The number of methoxy groups -OCH3 is 2. The molecule has 2 aromatic carbocycles. The van der Waals surface area contributed by atoms with Crippen molar-refractivity contribution in [2.45, 2.75) is 24.9 Å². The molecule has 6 nitrogen and oxygen atoms in total. The molecule has 6 heteroatoms. The first-order chi connectivity index (χ1) is 13.5. The van der Waals surface area contributed by atoms with Crippen molar-refractivity contribution in [2.24, 2.45) is 0 Å². The molecule has 0 radical (unpaired) electrons. The minimum atomic E-state index is -0.783. The standard InChI is InChI=1S/C22H28N2O4/c1-23(2)16-12-10-15(11-13-16)20(24-14-6-8-18(24)22(25)26)17-7-5-9-19(27-3)21(17)28-4/h5,7,9-13,18,20H,6,8,14H2,1-4H3,(H,25,26). The van der Waals surface area contributed by atoms with Gasteiger partial charge in [0.05, 0.1) is 20.3 Å². The van der Waals surface area contributed by atoms with Gasteiger partial charge in [0.15, 0.2) is 11.5 Å². The number of benzene rings is 2. The van der Waals surface area contributed by atoms with Gasteiger partial charge in [-0.05, 0) is 36.6 Å². The Bertz CT molecular complexity index is 820. The number of rotatable bonds is 7. The van der Waals surface area contributed by atoms with Crippen LogP contribution in [0.4, 0.5) is 5.69 Å². The highest BCUT2D eigenvalue weighted by molar-refractivity contribution is 5.74. The predicted molar refractivity (Wildman–Crippen MR) is 110 cm³/mol. The Morgan fingerprint density at radius 3 is 2.43 bits per heavy atom. The Labute approximate surface area is 166 Å².